The third kappa shape index (κ3) is 3.01. The van der Waals surface area contributed by atoms with Gasteiger partial charge in [-0.15, -0.1) is 11.3 Å². The second kappa shape index (κ2) is 4.30. The normalized spacial score (nSPS) is 13.7. The molecule has 1 atom stereocenters. The number of rotatable bonds is 4. The Bertz CT molecular complexity index is 464. The molecule has 7 heteroatoms. The minimum Gasteiger partial charge on any atom is -0.368 e. The van der Waals surface area contributed by atoms with E-state index in [0.29, 0.717) is 0 Å². The maximum Gasteiger partial charge on any atom is 0.250 e. The number of aryl methyl sites for hydroxylation is 1. The van der Waals surface area contributed by atoms with Gasteiger partial charge in [0.25, 0.3) is 10.0 Å². The molecule has 5 nitrogen and oxygen atoms in total. The fourth-order valence-corrected chi connectivity index (χ4v) is 3.42. The van der Waals surface area contributed by atoms with Crippen LogP contribution in [0.4, 0.5) is 0 Å². The van der Waals surface area contributed by atoms with Crippen molar-refractivity contribution in [3.8, 4) is 0 Å². The van der Waals surface area contributed by atoms with Gasteiger partial charge in [0, 0.05) is 4.88 Å². The highest BCUT2D eigenvalue weighted by Gasteiger charge is 2.21. The first kappa shape index (κ1) is 12.2. The summed E-state index contributed by atoms with van der Waals surface area (Å²) in [7, 11) is -3.62. The van der Waals surface area contributed by atoms with E-state index in [1.807, 2.05) is 0 Å². The maximum atomic E-state index is 11.7. The van der Waals surface area contributed by atoms with Crippen molar-refractivity contribution in [1.82, 2.24) is 4.72 Å². The van der Waals surface area contributed by atoms with Crippen molar-refractivity contribution in [2.75, 3.05) is 0 Å². The Kier molecular flexibility index (Phi) is 3.48. The van der Waals surface area contributed by atoms with Gasteiger partial charge in [0.1, 0.15) is 4.21 Å². The molecule has 1 heterocycles. The number of carbonyl (C=O) groups is 1. The molecule has 0 radical (unpaired) electrons. The van der Waals surface area contributed by atoms with E-state index < -0.39 is 22.0 Å². The molecule has 0 fully saturated rings. The molecule has 1 amide bonds. The van der Waals surface area contributed by atoms with Crippen molar-refractivity contribution in [2.24, 2.45) is 5.73 Å². The Balaban J connectivity index is 2.90. The van der Waals surface area contributed by atoms with Gasteiger partial charge in [-0.2, -0.15) is 4.72 Å². The molecule has 0 saturated heterocycles. The van der Waals surface area contributed by atoms with Gasteiger partial charge in [-0.3, -0.25) is 4.79 Å². The van der Waals surface area contributed by atoms with Crippen LogP contribution < -0.4 is 10.5 Å². The number of hydrogen-bond donors (Lipinski definition) is 2. The summed E-state index contributed by atoms with van der Waals surface area (Å²) < 4.78 is 25.7. The highest BCUT2D eigenvalue weighted by atomic mass is 32.2. The summed E-state index contributed by atoms with van der Waals surface area (Å²) in [6.45, 7) is 3.21. The monoisotopic (exact) mass is 248 g/mol. The predicted octanol–water partition coefficient (Wildman–Crippen LogP) is 0.209. The van der Waals surface area contributed by atoms with Gasteiger partial charge in [-0.1, -0.05) is 0 Å². The largest absolute Gasteiger partial charge is 0.368 e. The van der Waals surface area contributed by atoms with Gasteiger partial charge in [-0.05, 0) is 26.0 Å². The minimum absolute atomic E-state index is 0.188. The van der Waals surface area contributed by atoms with Gasteiger partial charge in [-0.25, -0.2) is 8.42 Å². The summed E-state index contributed by atoms with van der Waals surface area (Å²) in [6, 6.07) is 2.29. The number of sulfonamides is 1. The number of carbonyl (C=O) groups excluding carboxylic acids is 1. The summed E-state index contributed by atoms with van der Waals surface area (Å²) in [5.74, 6) is -0.702. The molecular weight excluding hydrogens is 236 g/mol. The lowest BCUT2D eigenvalue weighted by atomic mass is 10.4. The number of thiophene rings is 1. The van der Waals surface area contributed by atoms with Crippen molar-refractivity contribution in [2.45, 2.75) is 24.1 Å². The number of nitrogens with one attached hydrogen (secondary N) is 1. The fourth-order valence-electron chi connectivity index (χ4n) is 0.905. The van der Waals surface area contributed by atoms with Crippen LogP contribution in [0, 0.1) is 6.92 Å². The van der Waals surface area contributed by atoms with E-state index in [4.69, 9.17) is 5.73 Å². The van der Waals surface area contributed by atoms with Crippen molar-refractivity contribution in [3.05, 3.63) is 17.0 Å². The van der Waals surface area contributed by atoms with Crippen LogP contribution in [0.25, 0.3) is 0 Å². The molecule has 1 rings (SSSR count). The van der Waals surface area contributed by atoms with Gasteiger partial charge in [0.2, 0.25) is 5.91 Å². The van der Waals surface area contributed by atoms with Gasteiger partial charge < -0.3 is 5.73 Å². The van der Waals surface area contributed by atoms with Gasteiger partial charge in [0.05, 0.1) is 6.04 Å². The Labute approximate surface area is 92.3 Å². The summed E-state index contributed by atoms with van der Waals surface area (Å²) in [5, 5.41) is 0. The molecule has 0 aliphatic carbocycles. The molecule has 0 aliphatic rings. The van der Waals surface area contributed by atoms with Crippen LogP contribution in [0.15, 0.2) is 16.3 Å². The second-order valence-electron chi connectivity index (χ2n) is 3.11. The molecule has 1 unspecified atom stereocenters. The molecule has 0 saturated carbocycles. The second-order valence-corrected chi connectivity index (χ2v) is 6.34. The molecule has 0 aromatic carbocycles. The Morgan fingerprint density at radius 2 is 2.13 bits per heavy atom. The number of primary amides is 1. The lowest BCUT2D eigenvalue weighted by molar-refractivity contribution is -0.119. The number of amides is 1. The van der Waals surface area contributed by atoms with Gasteiger partial charge in [0.15, 0.2) is 0 Å². The van der Waals surface area contributed by atoms with Crippen molar-refractivity contribution in [3.63, 3.8) is 0 Å². The molecule has 0 aliphatic heterocycles. The highest BCUT2D eigenvalue weighted by molar-refractivity contribution is 7.91. The average Bonchev–Trinajstić information content (AvgIpc) is 2.51. The maximum absolute atomic E-state index is 11.7. The SMILES string of the molecule is Cc1ccc(S(=O)(=O)NC(C)C(N)=O)s1. The molecule has 15 heavy (non-hydrogen) atoms. The smallest absolute Gasteiger partial charge is 0.250 e. The average molecular weight is 248 g/mol. The molecule has 84 valence electrons. The highest BCUT2D eigenvalue weighted by Crippen LogP contribution is 2.20. The fraction of sp³-hybridized carbons (Fsp3) is 0.375. The van der Waals surface area contributed by atoms with Crippen molar-refractivity contribution >= 4 is 27.3 Å². The van der Waals surface area contributed by atoms with E-state index in [0.717, 1.165) is 16.2 Å². The van der Waals surface area contributed by atoms with Crippen LogP contribution in [0.5, 0.6) is 0 Å². The molecule has 1 aromatic rings. The van der Waals surface area contributed by atoms with E-state index in [1.165, 1.54) is 13.0 Å². The quantitative estimate of drug-likeness (QED) is 0.798. The van der Waals surface area contributed by atoms with E-state index >= 15 is 0 Å². The van der Waals surface area contributed by atoms with E-state index in [9.17, 15) is 13.2 Å². The number of hydrogen-bond acceptors (Lipinski definition) is 4. The van der Waals surface area contributed by atoms with E-state index in [2.05, 4.69) is 4.72 Å². The third-order valence-electron chi connectivity index (χ3n) is 1.74. The Hall–Kier alpha value is -0.920. The summed E-state index contributed by atoms with van der Waals surface area (Å²) in [4.78, 5) is 11.6. The number of nitrogens with two attached hydrogens (primary N) is 1. The topological polar surface area (TPSA) is 89.3 Å². The molecule has 0 bridgehead atoms. The Morgan fingerprint density at radius 1 is 1.53 bits per heavy atom. The standard InChI is InChI=1S/C8H12N2O3S2/c1-5-3-4-7(14-5)15(12,13)10-6(2)8(9)11/h3-4,6,10H,1-2H3,(H2,9,11). The zero-order valence-corrected chi connectivity index (χ0v) is 9.98. The zero-order chi connectivity index (χ0) is 11.6. The third-order valence-corrected chi connectivity index (χ3v) is 4.77. The van der Waals surface area contributed by atoms with Gasteiger partial charge >= 0.3 is 0 Å². The first-order valence-electron chi connectivity index (χ1n) is 4.21. The first-order valence-corrected chi connectivity index (χ1v) is 6.51. The van der Waals surface area contributed by atoms with E-state index in [-0.39, 0.29) is 4.21 Å². The molecule has 3 N–H and O–H groups in total. The molecular formula is C8H12N2O3S2. The first-order chi connectivity index (χ1) is 6.83. The van der Waals surface area contributed by atoms with Crippen molar-refractivity contribution in [1.29, 1.82) is 0 Å². The lowest BCUT2D eigenvalue weighted by Crippen LogP contribution is -2.41. The van der Waals surface area contributed by atoms with Crippen molar-refractivity contribution < 1.29 is 13.2 Å². The lowest BCUT2D eigenvalue weighted by Gasteiger charge is -2.08. The van der Waals surface area contributed by atoms with Crippen LogP contribution in [0.1, 0.15) is 11.8 Å². The predicted molar refractivity (Wildman–Crippen MR) is 58.0 cm³/mol. The summed E-state index contributed by atoms with van der Waals surface area (Å²) in [6.07, 6.45) is 0. The summed E-state index contributed by atoms with van der Waals surface area (Å²) in [5.41, 5.74) is 4.96. The zero-order valence-electron chi connectivity index (χ0n) is 8.35. The van der Waals surface area contributed by atoms with Crippen LogP contribution in [-0.2, 0) is 14.8 Å². The van der Waals surface area contributed by atoms with Crippen LogP contribution in [0.3, 0.4) is 0 Å². The molecule has 1 aromatic heterocycles. The molecule has 0 spiro atoms. The van der Waals surface area contributed by atoms with Crippen LogP contribution >= 0.6 is 11.3 Å². The van der Waals surface area contributed by atoms with E-state index in [1.54, 1.807) is 13.0 Å². The summed E-state index contributed by atoms with van der Waals surface area (Å²) >= 11 is 1.15. The Morgan fingerprint density at radius 3 is 2.53 bits per heavy atom. The van der Waals surface area contributed by atoms with Crippen LogP contribution in [0.2, 0.25) is 0 Å². The van der Waals surface area contributed by atoms with Crippen LogP contribution in [-0.4, -0.2) is 20.4 Å². The minimum atomic E-state index is -3.62.